The van der Waals surface area contributed by atoms with Gasteiger partial charge in [-0.15, -0.1) is 0 Å². The van der Waals surface area contributed by atoms with E-state index in [4.69, 9.17) is 0 Å². The molecule has 7 nitrogen and oxygen atoms in total. The Hall–Kier alpha value is -2.15. The third-order valence-corrected chi connectivity index (χ3v) is 4.39. The Kier molecular flexibility index (Phi) is 3.98. The van der Waals surface area contributed by atoms with Gasteiger partial charge in [-0.05, 0) is 46.8 Å². The number of nitrogens with zero attached hydrogens (tertiary/aromatic N) is 4. The smallest absolute Gasteiger partial charge is 0.276 e. The molecule has 118 valence electrons. The molecule has 2 N–H and O–H groups in total. The number of rotatable bonds is 3. The first-order chi connectivity index (χ1) is 10.5. The van der Waals surface area contributed by atoms with Gasteiger partial charge >= 0.3 is 0 Å². The van der Waals surface area contributed by atoms with E-state index in [2.05, 4.69) is 32.6 Å². The third kappa shape index (κ3) is 2.89. The van der Waals surface area contributed by atoms with E-state index < -0.39 is 0 Å². The second kappa shape index (κ2) is 5.92. The Morgan fingerprint density at radius 2 is 2.09 bits per heavy atom. The summed E-state index contributed by atoms with van der Waals surface area (Å²) in [6.07, 6.45) is 5.78. The van der Waals surface area contributed by atoms with Crippen LogP contribution in [0.25, 0.3) is 0 Å². The molecule has 3 rings (SSSR count). The van der Waals surface area contributed by atoms with E-state index in [1.54, 1.807) is 6.20 Å². The molecule has 2 aromatic rings. The van der Waals surface area contributed by atoms with Crippen molar-refractivity contribution in [1.82, 2.24) is 24.9 Å². The van der Waals surface area contributed by atoms with Crippen LogP contribution in [0, 0.1) is 13.8 Å². The maximum absolute atomic E-state index is 12.2. The minimum Gasteiger partial charge on any atom is -0.318 e. The molecule has 0 spiro atoms. The number of amides is 1. The molecule has 22 heavy (non-hydrogen) atoms. The van der Waals surface area contributed by atoms with Gasteiger partial charge in [-0.3, -0.25) is 14.6 Å². The molecule has 1 aliphatic rings. The van der Waals surface area contributed by atoms with Crippen molar-refractivity contribution < 1.29 is 4.79 Å². The molecule has 1 fully saturated rings. The van der Waals surface area contributed by atoms with E-state index in [-0.39, 0.29) is 5.91 Å². The average molecular weight is 302 g/mol. The van der Waals surface area contributed by atoms with Crippen molar-refractivity contribution in [2.75, 3.05) is 25.5 Å². The lowest BCUT2D eigenvalue weighted by Gasteiger charge is -2.28. The number of hydrogen-bond acceptors (Lipinski definition) is 4. The molecule has 3 heterocycles. The van der Waals surface area contributed by atoms with E-state index in [1.807, 2.05) is 24.7 Å². The molecule has 0 aliphatic carbocycles. The number of likely N-dealkylation sites (tertiary alicyclic amines) is 1. The van der Waals surface area contributed by atoms with Crippen LogP contribution < -0.4 is 5.32 Å². The minimum atomic E-state index is -0.204. The van der Waals surface area contributed by atoms with E-state index in [1.165, 1.54) is 0 Å². The molecule has 1 aliphatic heterocycles. The van der Waals surface area contributed by atoms with Crippen LogP contribution in [0.15, 0.2) is 12.4 Å². The molecule has 0 aromatic carbocycles. The quantitative estimate of drug-likeness (QED) is 0.905. The largest absolute Gasteiger partial charge is 0.318 e. The number of nitrogens with one attached hydrogen (secondary N) is 2. The van der Waals surface area contributed by atoms with Gasteiger partial charge in [0.2, 0.25) is 0 Å². The van der Waals surface area contributed by atoms with Gasteiger partial charge in [0.25, 0.3) is 5.91 Å². The Labute approximate surface area is 129 Å². The van der Waals surface area contributed by atoms with Gasteiger partial charge in [0.15, 0.2) is 5.69 Å². The fraction of sp³-hybridized carbons (Fsp3) is 0.533. The summed E-state index contributed by atoms with van der Waals surface area (Å²) in [6, 6.07) is 0.413. The summed E-state index contributed by atoms with van der Waals surface area (Å²) in [5.41, 5.74) is 2.93. The van der Waals surface area contributed by atoms with Gasteiger partial charge in [-0.25, -0.2) is 0 Å². The van der Waals surface area contributed by atoms with Crippen LogP contribution in [-0.2, 0) is 0 Å². The predicted molar refractivity (Wildman–Crippen MR) is 84.0 cm³/mol. The van der Waals surface area contributed by atoms with E-state index in [0.29, 0.717) is 17.4 Å². The fourth-order valence-electron chi connectivity index (χ4n) is 2.76. The summed E-state index contributed by atoms with van der Waals surface area (Å²) in [6.45, 7) is 5.95. The Morgan fingerprint density at radius 3 is 2.73 bits per heavy atom. The molecule has 0 unspecified atom stereocenters. The molecule has 0 atom stereocenters. The SMILES string of the molecule is Cc1[nH]nc(C(=O)Nc2cnn(C3CCN(C)CC3)c2)c1C. The summed E-state index contributed by atoms with van der Waals surface area (Å²) in [5, 5.41) is 14.1. The van der Waals surface area contributed by atoms with Crippen molar-refractivity contribution in [2.45, 2.75) is 32.7 Å². The average Bonchev–Trinajstić information content (AvgIpc) is 3.08. The van der Waals surface area contributed by atoms with E-state index >= 15 is 0 Å². The highest BCUT2D eigenvalue weighted by Crippen LogP contribution is 2.22. The van der Waals surface area contributed by atoms with Gasteiger partial charge in [0.1, 0.15) is 0 Å². The molecule has 0 saturated carbocycles. The number of anilines is 1. The first kappa shape index (κ1) is 14.8. The van der Waals surface area contributed by atoms with Crippen LogP contribution in [0.3, 0.4) is 0 Å². The summed E-state index contributed by atoms with van der Waals surface area (Å²) in [5.74, 6) is -0.204. The van der Waals surface area contributed by atoms with Crippen molar-refractivity contribution in [1.29, 1.82) is 0 Å². The highest BCUT2D eigenvalue weighted by atomic mass is 16.2. The lowest BCUT2D eigenvalue weighted by Crippen LogP contribution is -2.31. The van der Waals surface area contributed by atoms with Crippen molar-refractivity contribution in [3.8, 4) is 0 Å². The van der Waals surface area contributed by atoms with Gasteiger partial charge in [0.05, 0.1) is 17.9 Å². The fourth-order valence-corrected chi connectivity index (χ4v) is 2.76. The van der Waals surface area contributed by atoms with Crippen LogP contribution in [0.4, 0.5) is 5.69 Å². The zero-order valence-corrected chi connectivity index (χ0v) is 13.3. The van der Waals surface area contributed by atoms with E-state index in [9.17, 15) is 4.79 Å². The van der Waals surface area contributed by atoms with Crippen LogP contribution in [0.2, 0.25) is 0 Å². The molecule has 1 amide bonds. The maximum atomic E-state index is 12.2. The normalized spacial score (nSPS) is 16.9. The third-order valence-electron chi connectivity index (χ3n) is 4.39. The predicted octanol–water partition coefficient (Wildman–Crippen LogP) is 1.74. The topological polar surface area (TPSA) is 78.8 Å². The van der Waals surface area contributed by atoms with Gasteiger partial charge in [0, 0.05) is 17.5 Å². The van der Waals surface area contributed by atoms with Crippen LogP contribution in [0.5, 0.6) is 0 Å². The number of carbonyl (C=O) groups excluding carboxylic acids is 1. The second-order valence-corrected chi connectivity index (χ2v) is 6.02. The van der Waals surface area contributed by atoms with Crippen molar-refractivity contribution >= 4 is 11.6 Å². The lowest BCUT2D eigenvalue weighted by atomic mass is 10.1. The Bertz CT molecular complexity index is 665. The zero-order chi connectivity index (χ0) is 15.7. The monoisotopic (exact) mass is 302 g/mol. The lowest BCUT2D eigenvalue weighted by molar-refractivity contribution is 0.102. The highest BCUT2D eigenvalue weighted by molar-refractivity contribution is 6.03. The molecule has 0 bridgehead atoms. The minimum absolute atomic E-state index is 0.204. The van der Waals surface area contributed by atoms with Gasteiger partial charge in [-0.1, -0.05) is 0 Å². The number of aromatic nitrogens is 4. The molecule has 1 saturated heterocycles. The Morgan fingerprint density at radius 1 is 1.36 bits per heavy atom. The first-order valence-electron chi connectivity index (χ1n) is 7.60. The molecule has 7 heteroatoms. The number of piperidine rings is 1. The Balaban J connectivity index is 1.67. The van der Waals surface area contributed by atoms with Crippen LogP contribution >= 0.6 is 0 Å². The van der Waals surface area contributed by atoms with Crippen molar-refractivity contribution in [3.05, 3.63) is 29.3 Å². The van der Waals surface area contributed by atoms with E-state index in [0.717, 1.165) is 37.2 Å². The number of H-pyrrole nitrogens is 1. The van der Waals surface area contributed by atoms with Crippen LogP contribution in [0.1, 0.15) is 40.6 Å². The summed E-state index contributed by atoms with van der Waals surface area (Å²) in [7, 11) is 2.14. The number of aromatic amines is 1. The molecular weight excluding hydrogens is 280 g/mol. The van der Waals surface area contributed by atoms with Gasteiger partial charge in [-0.2, -0.15) is 10.2 Å². The van der Waals surface area contributed by atoms with Crippen molar-refractivity contribution in [2.24, 2.45) is 0 Å². The standard InChI is InChI=1S/C15H22N6O/c1-10-11(2)18-19-14(10)15(22)17-12-8-16-21(9-12)13-4-6-20(3)7-5-13/h8-9,13H,4-7H2,1-3H3,(H,17,22)(H,18,19). The summed E-state index contributed by atoms with van der Waals surface area (Å²) in [4.78, 5) is 14.6. The molecule has 2 aromatic heterocycles. The van der Waals surface area contributed by atoms with Crippen molar-refractivity contribution in [3.63, 3.8) is 0 Å². The van der Waals surface area contributed by atoms with Gasteiger partial charge < -0.3 is 10.2 Å². The maximum Gasteiger partial charge on any atom is 0.276 e. The number of carbonyl (C=O) groups is 1. The second-order valence-electron chi connectivity index (χ2n) is 6.02. The first-order valence-corrected chi connectivity index (χ1v) is 7.60. The number of aryl methyl sites for hydroxylation is 1. The number of hydrogen-bond donors (Lipinski definition) is 2. The molecular formula is C15H22N6O. The molecule has 0 radical (unpaired) electrons. The summed E-state index contributed by atoms with van der Waals surface area (Å²) < 4.78 is 1.96. The highest BCUT2D eigenvalue weighted by Gasteiger charge is 2.20. The zero-order valence-electron chi connectivity index (χ0n) is 13.3. The summed E-state index contributed by atoms with van der Waals surface area (Å²) >= 11 is 0. The van der Waals surface area contributed by atoms with Crippen LogP contribution in [-0.4, -0.2) is 50.9 Å².